The van der Waals surface area contributed by atoms with Gasteiger partial charge in [0, 0.05) is 44.4 Å². The molecule has 0 saturated carbocycles. The monoisotopic (exact) mass is 760 g/mol. The lowest BCUT2D eigenvalue weighted by molar-refractivity contribution is -0.185. The highest BCUT2D eigenvalue weighted by Gasteiger charge is 2.42. The van der Waals surface area contributed by atoms with Gasteiger partial charge in [0.1, 0.15) is 5.78 Å². The van der Waals surface area contributed by atoms with Gasteiger partial charge in [-0.05, 0) is 91.6 Å². The van der Waals surface area contributed by atoms with Crippen molar-refractivity contribution in [1.82, 2.24) is 25.3 Å². The highest BCUT2D eigenvalue weighted by molar-refractivity contribution is 5.87. The number of amides is 3. The predicted octanol–water partition coefficient (Wildman–Crippen LogP) is 7.14. The fraction of sp³-hybridized carbons (Fsp3) is 0.892. The van der Waals surface area contributed by atoms with E-state index in [9.17, 15) is 45.5 Å². The van der Waals surface area contributed by atoms with E-state index in [1.807, 2.05) is 28.2 Å². The highest BCUT2D eigenvalue weighted by atomic mass is 19.4. The number of nitrogens with zero attached hydrogens (tertiary/aromatic N) is 3. The minimum Gasteiger partial charge on any atom is -0.353 e. The molecule has 2 N–H and O–H groups in total. The summed E-state index contributed by atoms with van der Waals surface area (Å²) in [5.41, 5.74) is -0.115. The molecule has 0 heterocycles. The number of nitrogens with one attached hydrogen (secondary N) is 2. The van der Waals surface area contributed by atoms with Crippen molar-refractivity contribution in [3.05, 3.63) is 0 Å². The Morgan fingerprint density at radius 1 is 0.596 bits per heavy atom. The van der Waals surface area contributed by atoms with E-state index >= 15 is 0 Å². The number of carbonyl (C=O) groups is 4. The zero-order valence-corrected chi connectivity index (χ0v) is 32.7. The predicted molar refractivity (Wildman–Crippen MR) is 193 cm³/mol. The number of Topliss-reactive ketones (excluding diaryl/α,β-unsaturated/α-hetero) is 1. The maximum atomic E-state index is 13.5. The molecule has 3 amide bonds. The summed E-state index contributed by atoms with van der Waals surface area (Å²) in [5.74, 6) is -4.59. The number of ketones is 1. The third-order valence-corrected chi connectivity index (χ3v) is 9.02. The van der Waals surface area contributed by atoms with Crippen LogP contribution in [-0.2, 0) is 19.2 Å². The molecular weight excluding hydrogens is 692 g/mol. The van der Waals surface area contributed by atoms with Crippen LogP contribution < -0.4 is 10.6 Å². The van der Waals surface area contributed by atoms with Crippen molar-refractivity contribution < 1.29 is 45.5 Å². The average molecular weight is 760 g/mol. The first-order valence-electron chi connectivity index (χ1n) is 18.9. The average Bonchev–Trinajstić information content (AvgIpc) is 3.01. The van der Waals surface area contributed by atoms with Crippen LogP contribution in [0.25, 0.3) is 0 Å². The van der Waals surface area contributed by atoms with Gasteiger partial charge in [-0.1, -0.05) is 65.7 Å². The van der Waals surface area contributed by atoms with E-state index in [-0.39, 0.29) is 48.5 Å². The standard InChI is InChI=1S/C37H67F6N5O4/c1-35(2,3)31(22-15-18-25-47(6)7)45-32(50)29(20-14-17-24-46(4)5)28-30(49)21-13-11-9-8-10-12-16-26-48(34(52)37(41,42)43)27-19-23-44-33(51)36(38,39)40/h29,31H,8-28H2,1-7H3,(H,44,51)(H,45,50). The van der Waals surface area contributed by atoms with Crippen molar-refractivity contribution in [1.29, 1.82) is 0 Å². The van der Waals surface area contributed by atoms with Crippen LogP contribution in [0.2, 0.25) is 0 Å². The smallest absolute Gasteiger partial charge is 0.353 e. The molecule has 2 unspecified atom stereocenters. The number of halogens is 6. The third-order valence-electron chi connectivity index (χ3n) is 9.02. The van der Waals surface area contributed by atoms with Crippen molar-refractivity contribution in [2.75, 3.05) is 60.9 Å². The second-order valence-electron chi connectivity index (χ2n) is 15.6. The van der Waals surface area contributed by atoms with E-state index in [0.717, 1.165) is 64.5 Å². The van der Waals surface area contributed by atoms with Crippen LogP contribution in [0, 0.1) is 11.3 Å². The molecule has 0 aliphatic heterocycles. The molecule has 0 aromatic rings. The lowest BCUT2D eigenvalue weighted by Crippen LogP contribution is -2.46. The molecule has 0 aromatic carbocycles. The Hall–Kier alpha value is -2.42. The topological polar surface area (TPSA) is 102 Å². The van der Waals surface area contributed by atoms with Crippen molar-refractivity contribution in [2.24, 2.45) is 11.3 Å². The third kappa shape index (κ3) is 24.8. The minimum atomic E-state index is -5.11. The number of carbonyl (C=O) groups excluding carboxylic acids is 4. The number of unbranched alkanes of at least 4 members (excludes halogenated alkanes) is 8. The molecule has 52 heavy (non-hydrogen) atoms. The summed E-state index contributed by atoms with van der Waals surface area (Å²) < 4.78 is 75.9. The summed E-state index contributed by atoms with van der Waals surface area (Å²) in [5, 5.41) is 4.89. The Kier molecular flexibility index (Phi) is 24.4. The minimum absolute atomic E-state index is 0.00984. The van der Waals surface area contributed by atoms with Gasteiger partial charge in [0.05, 0.1) is 0 Å². The van der Waals surface area contributed by atoms with Crippen LogP contribution in [0.3, 0.4) is 0 Å². The molecule has 0 bridgehead atoms. The lowest BCUT2D eigenvalue weighted by Gasteiger charge is -2.33. The van der Waals surface area contributed by atoms with Crippen molar-refractivity contribution in [3.8, 4) is 0 Å². The van der Waals surface area contributed by atoms with Gasteiger partial charge < -0.3 is 25.3 Å². The van der Waals surface area contributed by atoms with Crippen molar-refractivity contribution >= 4 is 23.5 Å². The summed E-state index contributed by atoms with van der Waals surface area (Å²) in [7, 11) is 8.11. The first-order valence-corrected chi connectivity index (χ1v) is 18.9. The Morgan fingerprint density at radius 2 is 1.08 bits per heavy atom. The molecule has 0 saturated heterocycles. The molecular formula is C37H67F6N5O4. The fourth-order valence-electron chi connectivity index (χ4n) is 5.88. The SMILES string of the molecule is CN(C)CCCCC(CC(=O)CCCCCCCCCN(CCCNC(=O)C(F)(F)F)C(=O)C(F)(F)F)C(=O)NC(CCCCN(C)C)C(C)(C)C. The van der Waals surface area contributed by atoms with E-state index in [4.69, 9.17) is 0 Å². The van der Waals surface area contributed by atoms with Crippen molar-refractivity contribution in [2.45, 2.75) is 142 Å². The van der Waals surface area contributed by atoms with E-state index in [1.165, 1.54) is 0 Å². The van der Waals surface area contributed by atoms with Crippen LogP contribution in [0.5, 0.6) is 0 Å². The molecule has 0 rings (SSSR count). The van der Waals surface area contributed by atoms with E-state index in [2.05, 4.69) is 35.9 Å². The van der Waals surface area contributed by atoms with Gasteiger partial charge in [-0.25, -0.2) is 0 Å². The molecule has 306 valence electrons. The first kappa shape index (κ1) is 49.6. The van der Waals surface area contributed by atoms with Crippen molar-refractivity contribution in [3.63, 3.8) is 0 Å². The van der Waals surface area contributed by atoms with Gasteiger partial charge in [0.15, 0.2) is 0 Å². The van der Waals surface area contributed by atoms with E-state index < -0.39 is 37.3 Å². The fourth-order valence-corrected chi connectivity index (χ4v) is 5.88. The van der Waals surface area contributed by atoms with Crippen LogP contribution in [0.15, 0.2) is 0 Å². The molecule has 15 heteroatoms. The molecule has 0 aliphatic rings. The van der Waals surface area contributed by atoms with Crippen LogP contribution in [-0.4, -0.2) is 118 Å². The zero-order valence-electron chi connectivity index (χ0n) is 32.7. The van der Waals surface area contributed by atoms with E-state index in [1.54, 1.807) is 5.32 Å². The van der Waals surface area contributed by atoms with Gasteiger partial charge in [0.2, 0.25) is 5.91 Å². The van der Waals surface area contributed by atoms with Gasteiger partial charge in [0.25, 0.3) is 0 Å². The summed E-state index contributed by atoms with van der Waals surface area (Å²) in [6, 6.07) is 0.00984. The first-order chi connectivity index (χ1) is 24.1. The summed E-state index contributed by atoms with van der Waals surface area (Å²) in [6.45, 7) is 7.15. The van der Waals surface area contributed by atoms with Crippen LogP contribution in [0.1, 0.15) is 124 Å². The Balaban J connectivity index is 4.76. The second kappa shape index (κ2) is 25.6. The summed E-state index contributed by atoms with van der Waals surface area (Å²) in [6.07, 6.45) is 0.194. The molecule has 0 radical (unpaired) electrons. The normalized spacial score (nSPS) is 13.7. The molecule has 2 atom stereocenters. The number of hydrogen-bond acceptors (Lipinski definition) is 6. The lowest BCUT2D eigenvalue weighted by atomic mass is 9.83. The van der Waals surface area contributed by atoms with Gasteiger partial charge in [-0.15, -0.1) is 0 Å². The zero-order chi connectivity index (χ0) is 40.0. The highest BCUT2D eigenvalue weighted by Crippen LogP contribution is 2.26. The Bertz CT molecular complexity index is 1030. The Labute approximate surface area is 308 Å². The quantitative estimate of drug-likeness (QED) is 0.0650. The number of hydrogen-bond donors (Lipinski definition) is 2. The maximum Gasteiger partial charge on any atom is 0.471 e. The van der Waals surface area contributed by atoms with Gasteiger partial charge in [-0.2, -0.15) is 26.3 Å². The summed E-state index contributed by atoms with van der Waals surface area (Å²) >= 11 is 0. The molecule has 0 aliphatic carbocycles. The summed E-state index contributed by atoms with van der Waals surface area (Å²) in [4.78, 5) is 54.0. The second-order valence-corrected chi connectivity index (χ2v) is 15.6. The van der Waals surface area contributed by atoms with Crippen LogP contribution >= 0.6 is 0 Å². The molecule has 0 spiro atoms. The van der Waals surface area contributed by atoms with Gasteiger partial charge >= 0.3 is 24.2 Å². The number of alkyl halides is 6. The molecule has 0 fully saturated rings. The Morgan fingerprint density at radius 3 is 1.58 bits per heavy atom. The van der Waals surface area contributed by atoms with E-state index in [0.29, 0.717) is 43.4 Å². The van der Waals surface area contributed by atoms with Gasteiger partial charge in [-0.3, -0.25) is 19.2 Å². The molecule has 9 nitrogen and oxygen atoms in total. The largest absolute Gasteiger partial charge is 0.471 e. The van der Waals surface area contributed by atoms with Crippen LogP contribution in [0.4, 0.5) is 26.3 Å². The number of rotatable bonds is 28. The maximum absolute atomic E-state index is 13.5. The molecule has 0 aromatic heterocycles.